The highest BCUT2D eigenvalue weighted by molar-refractivity contribution is 7.00. The van der Waals surface area contributed by atoms with E-state index in [9.17, 15) is 0 Å². The van der Waals surface area contributed by atoms with Gasteiger partial charge in [0.05, 0.1) is 11.4 Å². The van der Waals surface area contributed by atoms with Gasteiger partial charge in [0.1, 0.15) is 11.2 Å². The van der Waals surface area contributed by atoms with Crippen LogP contribution in [0.2, 0.25) is 0 Å². The van der Waals surface area contributed by atoms with E-state index in [1.165, 1.54) is 44.2 Å². The average Bonchev–Trinajstić information content (AvgIpc) is 0.722. The highest BCUT2D eigenvalue weighted by atomic mass is 16.3. The fraction of sp³-hybridized carbons (Fsp3) is 0.182. The van der Waals surface area contributed by atoms with Gasteiger partial charge in [-0.25, -0.2) is 0 Å². The third-order valence-electron chi connectivity index (χ3n) is 24.0. The molecule has 6 heteroatoms. The first-order valence-electron chi connectivity index (χ1n) is 41.2. The summed E-state index contributed by atoms with van der Waals surface area (Å²) < 4.78 is 6.97. The molecule has 0 aliphatic carbocycles. The normalized spacial score (nSPS) is 12.9. The number of nitrogens with zero attached hydrogens (tertiary/aromatic N) is 4. The van der Waals surface area contributed by atoms with Gasteiger partial charge >= 0.3 is 0 Å². The van der Waals surface area contributed by atoms with Gasteiger partial charge in [0.2, 0.25) is 0 Å². The van der Waals surface area contributed by atoms with Crippen molar-refractivity contribution in [3.05, 3.63) is 368 Å². The Morgan fingerprint density at radius 2 is 0.569 bits per heavy atom. The molecule has 570 valence electrons. The van der Waals surface area contributed by atoms with Gasteiger partial charge < -0.3 is 24.0 Å². The van der Waals surface area contributed by atoms with Crippen molar-refractivity contribution < 1.29 is 4.42 Å². The van der Waals surface area contributed by atoms with Crippen LogP contribution in [0.1, 0.15) is 132 Å². The molecular weight excluding hydrogens is 1400 g/mol. The van der Waals surface area contributed by atoms with Crippen molar-refractivity contribution in [3.8, 4) is 55.6 Å². The van der Waals surface area contributed by atoms with E-state index < -0.39 is 5.41 Å². The van der Waals surface area contributed by atoms with Gasteiger partial charge in [-0.05, 0) is 214 Å². The Balaban J connectivity index is 1.02. The third-order valence-corrected chi connectivity index (χ3v) is 24.0. The molecule has 0 saturated carbocycles. The van der Waals surface area contributed by atoms with Crippen LogP contribution in [0.4, 0.5) is 68.2 Å². The number of fused-ring (bicyclic) bond motifs is 7. The molecule has 1 aromatic heterocycles. The Morgan fingerprint density at radius 1 is 0.241 bits per heavy atom. The predicted molar refractivity (Wildman–Crippen MR) is 498 cm³/mol. The van der Waals surface area contributed by atoms with Gasteiger partial charge in [-0.1, -0.05) is 334 Å². The SMILES string of the molecule is CC(C)(C)c1ccc(N(c2ccc(C(C)(C)C)cc2)c2ccc3c(c2)N(c2c(-c4ccccc4)cccc2-c2ccccc2)c2cc(C(C)(C)C)cc4c2B3c2ccc(N(c3ccc(C(C)(C)C)cc3)c3ccc(C(C)(C)C)cc3)cc2N4c2c(-c3ccccc3)cc(-c3ccccc3)cc2-c2cccc3oc4ccccc4c23)cc1. The predicted octanol–water partition coefficient (Wildman–Crippen LogP) is 29.4. The highest BCUT2D eigenvalue weighted by Gasteiger charge is 2.47. The van der Waals surface area contributed by atoms with Crippen LogP contribution in [-0.2, 0) is 27.1 Å². The van der Waals surface area contributed by atoms with Crippen LogP contribution in [0.5, 0.6) is 0 Å². The van der Waals surface area contributed by atoms with Gasteiger partial charge in [0, 0.05) is 89.9 Å². The van der Waals surface area contributed by atoms with E-state index in [0.29, 0.717) is 0 Å². The van der Waals surface area contributed by atoms with Crippen molar-refractivity contribution in [2.45, 2.75) is 131 Å². The Labute approximate surface area is 686 Å². The molecule has 0 saturated heterocycles. The second kappa shape index (κ2) is 28.7. The second-order valence-corrected chi connectivity index (χ2v) is 37.0. The Bertz CT molecular complexity index is 6200. The third kappa shape index (κ3) is 13.6. The summed E-state index contributed by atoms with van der Waals surface area (Å²) in [6.45, 7) is 34.5. The summed E-state index contributed by atoms with van der Waals surface area (Å²) in [7, 11) is 0. The summed E-state index contributed by atoms with van der Waals surface area (Å²) in [6.07, 6.45) is 0. The number of furan rings is 1. The molecule has 0 unspecified atom stereocenters. The molecule has 3 heterocycles. The minimum absolute atomic E-state index is 0.0514. The first-order valence-corrected chi connectivity index (χ1v) is 41.2. The summed E-state index contributed by atoms with van der Waals surface area (Å²) in [5, 5.41) is 2.13. The summed E-state index contributed by atoms with van der Waals surface area (Å²) in [5.74, 6) is 0. The summed E-state index contributed by atoms with van der Waals surface area (Å²) in [6, 6.07) is 129. The number of benzene rings is 15. The highest BCUT2D eigenvalue weighted by Crippen LogP contribution is 2.57. The molecule has 0 atom stereocenters. The molecular formula is C110H101BN4O. The van der Waals surface area contributed by atoms with Crippen LogP contribution >= 0.6 is 0 Å². The zero-order valence-corrected chi connectivity index (χ0v) is 69.6. The van der Waals surface area contributed by atoms with Crippen molar-refractivity contribution in [1.82, 2.24) is 0 Å². The molecule has 0 amide bonds. The van der Waals surface area contributed by atoms with Crippen molar-refractivity contribution in [1.29, 1.82) is 0 Å². The maximum Gasteiger partial charge on any atom is 0.252 e. The zero-order valence-electron chi connectivity index (χ0n) is 69.6. The first kappa shape index (κ1) is 74.8. The van der Waals surface area contributed by atoms with Crippen LogP contribution in [0.15, 0.2) is 344 Å². The van der Waals surface area contributed by atoms with Gasteiger partial charge in [-0.3, -0.25) is 0 Å². The number of anilines is 12. The van der Waals surface area contributed by atoms with E-state index in [0.717, 1.165) is 146 Å². The van der Waals surface area contributed by atoms with Crippen LogP contribution in [0.3, 0.4) is 0 Å². The van der Waals surface area contributed by atoms with E-state index in [4.69, 9.17) is 4.42 Å². The van der Waals surface area contributed by atoms with Crippen molar-refractivity contribution >= 4 is 113 Å². The minimum Gasteiger partial charge on any atom is -0.456 e. The monoisotopic (exact) mass is 1500 g/mol. The molecule has 16 aromatic rings. The van der Waals surface area contributed by atoms with Gasteiger partial charge in [-0.2, -0.15) is 0 Å². The molecule has 18 rings (SSSR count). The molecule has 5 nitrogen and oxygen atoms in total. The second-order valence-electron chi connectivity index (χ2n) is 37.0. The first-order chi connectivity index (χ1) is 55.7. The fourth-order valence-corrected chi connectivity index (χ4v) is 17.7. The number of hydrogen-bond acceptors (Lipinski definition) is 5. The molecule has 0 bridgehead atoms. The summed E-state index contributed by atoms with van der Waals surface area (Å²) in [4.78, 5) is 10.4. The van der Waals surface area contributed by atoms with E-state index in [2.05, 4.69) is 463 Å². The van der Waals surface area contributed by atoms with E-state index >= 15 is 0 Å². The molecule has 0 spiro atoms. The maximum absolute atomic E-state index is 6.97. The van der Waals surface area contributed by atoms with Gasteiger partial charge in [-0.15, -0.1) is 0 Å². The lowest BCUT2D eigenvalue weighted by molar-refractivity contribution is 0.590. The number of hydrogen-bond donors (Lipinski definition) is 0. The fourth-order valence-electron chi connectivity index (χ4n) is 17.7. The van der Waals surface area contributed by atoms with E-state index in [1.807, 2.05) is 0 Å². The zero-order chi connectivity index (χ0) is 80.3. The van der Waals surface area contributed by atoms with Crippen LogP contribution < -0.4 is 36.0 Å². The maximum atomic E-state index is 6.97. The topological polar surface area (TPSA) is 26.1 Å². The Kier molecular flexibility index (Phi) is 18.5. The van der Waals surface area contributed by atoms with Crippen LogP contribution in [0.25, 0.3) is 77.6 Å². The summed E-state index contributed by atoms with van der Waals surface area (Å²) in [5.41, 5.74) is 35.0. The smallest absolute Gasteiger partial charge is 0.252 e. The lowest BCUT2D eigenvalue weighted by atomic mass is 9.33. The van der Waals surface area contributed by atoms with Crippen molar-refractivity contribution in [2.24, 2.45) is 0 Å². The van der Waals surface area contributed by atoms with Crippen molar-refractivity contribution in [3.63, 3.8) is 0 Å². The number of para-hydroxylation sites is 2. The molecule has 116 heavy (non-hydrogen) atoms. The van der Waals surface area contributed by atoms with Crippen molar-refractivity contribution in [2.75, 3.05) is 19.6 Å². The standard InChI is InChI=1S/C110H101BN4O/c1-106(2,3)77-46-54-82(55-47-77)112(83-56-48-78(49-57-83)107(4,5)6)86-62-64-94-96(70-86)114(104-88(73-34-22-17-23-35-73)41-30-42-89(104)74-36-24-18-25-37-74)98-68-81(110(13,14)15)69-99-103(98)111(94)95-65-63-87(113(84-58-50-79(51-59-84)108(7,8)9)85-60-52-80(53-61-85)109(10,11)12)71-97(95)115(99)105-92(75-38-26-19-27-39-75)66-76(72-32-20-16-21-33-72)67-93(105)90-43-31-45-101-102(90)91-40-28-29-44-100(91)116-101/h16-71H,1-15H3. The largest absolute Gasteiger partial charge is 0.456 e. The molecule has 0 fully saturated rings. The Morgan fingerprint density at radius 3 is 0.974 bits per heavy atom. The molecule has 15 aromatic carbocycles. The Hall–Kier alpha value is -12.6. The molecule has 2 aliphatic heterocycles. The summed E-state index contributed by atoms with van der Waals surface area (Å²) >= 11 is 0. The lowest BCUT2D eigenvalue weighted by Gasteiger charge is -2.47. The minimum atomic E-state index is -0.391. The number of rotatable bonds is 13. The lowest BCUT2D eigenvalue weighted by Crippen LogP contribution is -2.61. The average molecular weight is 1510 g/mol. The van der Waals surface area contributed by atoms with Crippen LogP contribution in [-0.4, -0.2) is 6.71 Å². The van der Waals surface area contributed by atoms with E-state index in [-0.39, 0.29) is 28.4 Å². The molecule has 0 N–H and O–H groups in total. The molecule has 0 radical (unpaired) electrons. The van der Waals surface area contributed by atoms with E-state index in [1.54, 1.807) is 0 Å². The van der Waals surface area contributed by atoms with Crippen LogP contribution in [0, 0.1) is 0 Å². The molecule has 2 aliphatic rings. The van der Waals surface area contributed by atoms with Gasteiger partial charge in [0.15, 0.2) is 0 Å². The van der Waals surface area contributed by atoms with Gasteiger partial charge in [0.25, 0.3) is 6.71 Å². The quantitative estimate of drug-likeness (QED) is 0.107.